The molecular weight excluding hydrogens is 378 g/mol. The second kappa shape index (κ2) is 8.83. The zero-order valence-electron chi connectivity index (χ0n) is 15.5. The lowest BCUT2D eigenvalue weighted by Gasteiger charge is -2.11. The summed E-state index contributed by atoms with van der Waals surface area (Å²) in [6, 6.07) is 9.80. The van der Waals surface area contributed by atoms with Crippen LogP contribution in [0.4, 0.5) is 0 Å². The number of thiophene rings is 1. The smallest absolute Gasteiger partial charge is 0.206 e. The molecule has 0 aliphatic heterocycles. The summed E-state index contributed by atoms with van der Waals surface area (Å²) in [4.78, 5) is 6.51. The summed E-state index contributed by atoms with van der Waals surface area (Å²) in [5.74, 6) is 1.51. The number of thiazole rings is 1. The van der Waals surface area contributed by atoms with Gasteiger partial charge in [-0.2, -0.15) is 5.10 Å². The fourth-order valence-electron chi connectivity index (χ4n) is 2.53. The topological polar surface area (TPSA) is 48.1 Å². The van der Waals surface area contributed by atoms with E-state index in [1.807, 2.05) is 46.6 Å². The molecule has 0 amide bonds. The molecule has 1 aromatic carbocycles. The molecule has 0 aliphatic rings. The Morgan fingerprint density at radius 2 is 2.07 bits per heavy atom. The van der Waals surface area contributed by atoms with E-state index in [1.165, 1.54) is 11.3 Å². The van der Waals surface area contributed by atoms with Gasteiger partial charge in [-0.3, -0.25) is 4.99 Å². The van der Waals surface area contributed by atoms with E-state index in [-0.39, 0.29) is 0 Å². The van der Waals surface area contributed by atoms with Crippen LogP contribution in [0.25, 0.3) is 11.3 Å². The van der Waals surface area contributed by atoms with Crippen LogP contribution < -0.4 is 14.3 Å². The fourth-order valence-corrected chi connectivity index (χ4v) is 4.03. The molecule has 0 radical (unpaired) electrons. The number of nitrogens with zero attached hydrogens (tertiary/aromatic N) is 3. The van der Waals surface area contributed by atoms with Crippen LogP contribution >= 0.6 is 22.7 Å². The lowest BCUT2D eigenvalue weighted by Crippen LogP contribution is -2.14. The highest BCUT2D eigenvalue weighted by atomic mass is 32.1. The van der Waals surface area contributed by atoms with E-state index in [2.05, 4.69) is 17.6 Å². The second-order valence-electron chi connectivity index (χ2n) is 5.57. The first kappa shape index (κ1) is 19.1. The Morgan fingerprint density at radius 1 is 1.22 bits per heavy atom. The Hall–Kier alpha value is -2.64. The maximum Gasteiger partial charge on any atom is 0.206 e. The maximum absolute atomic E-state index is 5.56. The minimum absolute atomic E-state index is 0.531. The lowest BCUT2D eigenvalue weighted by molar-refractivity contribution is 0.404. The molecule has 0 spiro atoms. The van der Waals surface area contributed by atoms with Gasteiger partial charge in [0.15, 0.2) is 0 Å². The van der Waals surface area contributed by atoms with Gasteiger partial charge in [0.1, 0.15) is 11.5 Å². The normalized spacial score (nSPS) is 12.3. The standard InChI is InChI=1S/C20H21N3O2S2/c1-5-10-21-20-23(22-14(2)19-7-6-11-26-19)17(13-27-20)16-12-15(24-3)8-9-18(16)25-4/h5-9,11-13H,1,10H2,2-4H3. The van der Waals surface area contributed by atoms with Crippen molar-refractivity contribution in [2.24, 2.45) is 10.1 Å². The molecule has 140 valence electrons. The first-order valence-electron chi connectivity index (χ1n) is 8.31. The summed E-state index contributed by atoms with van der Waals surface area (Å²) in [5.41, 5.74) is 2.72. The highest BCUT2D eigenvalue weighted by Crippen LogP contribution is 2.33. The summed E-state index contributed by atoms with van der Waals surface area (Å²) in [5, 5.41) is 8.93. The SMILES string of the molecule is C=CCN=c1scc(-c2cc(OC)ccc2OC)n1N=C(C)c1cccs1. The van der Waals surface area contributed by atoms with E-state index in [1.54, 1.807) is 31.6 Å². The summed E-state index contributed by atoms with van der Waals surface area (Å²) < 4.78 is 12.8. The van der Waals surface area contributed by atoms with Crippen molar-refractivity contribution in [1.29, 1.82) is 0 Å². The van der Waals surface area contributed by atoms with Gasteiger partial charge in [-0.1, -0.05) is 12.1 Å². The van der Waals surface area contributed by atoms with Crippen LogP contribution in [-0.2, 0) is 0 Å². The molecule has 2 aromatic heterocycles. The summed E-state index contributed by atoms with van der Waals surface area (Å²) in [6.45, 7) is 6.28. The fraction of sp³-hybridized carbons (Fsp3) is 0.200. The highest BCUT2D eigenvalue weighted by molar-refractivity contribution is 7.12. The number of aromatic nitrogens is 1. The summed E-state index contributed by atoms with van der Waals surface area (Å²) in [7, 11) is 3.31. The van der Waals surface area contributed by atoms with Crippen molar-refractivity contribution in [3.63, 3.8) is 0 Å². The molecule has 27 heavy (non-hydrogen) atoms. The molecule has 2 heterocycles. The van der Waals surface area contributed by atoms with Crippen LogP contribution in [0.3, 0.4) is 0 Å². The van der Waals surface area contributed by atoms with Crippen LogP contribution in [0.2, 0.25) is 0 Å². The van der Waals surface area contributed by atoms with Crippen molar-refractivity contribution in [2.75, 3.05) is 20.8 Å². The molecule has 3 rings (SSSR count). The van der Waals surface area contributed by atoms with E-state index >= 15 is 0 Å². The van der Waals surface area contributed by atoms with E-state index in [9.17, 15) is 0 Å². The number of benzene rings is 1. The van der Waals surface area contributed by atoms with Crippen molar-refractivity contribution in [3.8, 4) is 22.8 Å². The first-order valence-corrected chi connectivity index (χ1v) is 10.1. The van der Waals surface area contributed by atoms with E-state index < -0.39 is 0 Å². The average molecular weight is 400 g/mol. The zero-order chi connectivity index (χ0) is 19.2. The monoisotopic (exact) mass is 399 g/mol. The first-order chi connectivity index (χ1) is 13.2. The maximum atomic E-state index is 5.56. The van der Waals surface area contributed by atoms with Crippen molar-refractivity contribution in [3.05, 3.63) is 63.4 Å². The third-order valence-corrected chi connectivity index (χ3v) is 5.68. The second-order valence-corrected chi connectivity index (χ2v) is 7.36. The number of rotatable bonds is 7. The molecule has 5 nitrogen and oxygen atoms in total. The third kappa shape index (κ3) is 4.20. The predicted octanol–water partition coefficient (Wildman–Crippen LogP) is 4.65. The van der Waals surface area contributed by atoms with Gasteiger partial charge in [0, 0.05) is 10.9 Å². The Bertz CT molecular complexity index is 1010. The van der Waals surface area contributed by atoms with E-state index in [0.29, 0.717) is 6.54 Å². The summed E-state index contributed by atoms with van der Waals surface area (Å²) in [6.07, 6.45) is 1.77. The van der Waals surface area contributed by atoms with Crippen molar-refractivity contribution >= 4 is 28.4 Å². The average Bonchev–Trinajstić information content (AvgIpc) is 3.36. The molecule has 0 bridgehead atoms. The van der Waals surface area contributed by atoms with Crippen LogP contribution in [-0.4, -0.2) is 31.2 Å². The quantitative estimate of drug-likeness (QED) is 0.429. The third-order valence-electron chi connectivity index (χ3n) is 3.85. The van der Waals surface area contributed by atoms with E-state index in [0.717, 1.165) is 38.1 Å². The van der Waals surface area contributed by atoms with Gasteiger partial charge in [0.25, 0.3) is 0 Å². The minimum atomic E-state index is 0.531. The van der Waals surface area contributed by atoms with Crippen molar-refractivity contribution < 1.29 is 9.47 Å². The number of methoxy groups -OCH3 is 2. The molecule has 0 saturated carbocycles. The molecule has 0 fully saturated rings. The molecule has 0 N–H and O–H groups in total. The molecular formula is C20H21N3O2S2. The van der Waals surface area contributed by atoms with Crippen LogP contribution in [0, 0.1) is 0 Å². The van der Waals surface area contributed by atoms with Crippen molar-refractivity contribution in [1.82, 2.24) is 4.68 Å². The Balaban J connectivity index is 2.21. The van der Waals surface area contributed by atoms with Gasteiger partial charge >= 0.3 is 0 Å². The molecule has 0 unspecified atom stereocenters. The van der Waals surface area contributed by atoms with Gasteiger partial charge in [0.05, 0.1) is 37.0 Å². The summed E-state index contributed by atoms with van der Waals surface area (Å²) >= 11 is 3.19. The molecule has 0 aliphatic carbocycles. The van der Waals surface area contributed by atoms with Gasteiger partial charge in [0.2, 0.25) is 4.80 Å². The van der Waals surface area contributed by atoms with Crippen LogP contribution in [0.5, 0.6) is 11.5 Å². The zero-order valence-corrected chi connectivity index (χ0v) is 17.1. The predicted molar refractivity (Wildman–Crippen MR) is 113 cm³/mol. The largest absolute Gasteiger partial charge is 0.497 e. The van der Waals surface area contributed by atoms with Crippen molar-refractivity contribution in [2.45, 2.75) is 6.92 Å². The number of ether oxygens (including phenoxy) is 2. The van der Waals surface area contributed by atoms with Gasteiger partial charge in [-0.05, 0) is 36.6 Å². The Labute approximate surface area is 166 Å². The van der Waals surface area contributed by atoms with Crippen LogP contribution in [0.1, 0.15) is 11.8 Å². The molecule has 0 saturated heterocycles. The molecule has 7 heteroatoms. The number of hydrogen-bond donors (Lipinski definition) is 0. The number of hydrogen-bond acceptors (Lipinski definition) is 6. The van der Waals surface area contributed by atoms with Crippen LogP contribution in [0.15, 0.2) is 63.8 Å². The highest BCUT2D eigenvalue weighted by Gasteiger charge is 2.14. The minimum Gasteiger partial charge on any atom is -0.497 e. The van der Waals surface area contributed by atoms with Gasteiger partial charge < -0.3 is 9.47 Å². The lowest BCUT2D eigenvalue weighted by atomic mass is 10.1. The molecule has 3 aromatic rings. The molecule has 0 atom stereocenters. The Kier molecular flexibility index (Phi) is 6.26. The van der Waals surface area contributed by atoms with Gasteiger partial charge in [-0.25, -0.2) is 4.68 Å². The van der Waals surface area contributed by atoms with E-state index in [4.69, 9.17) is 14.6 Å². The van der Waals surface area contributed by atoms with Gasteiger partial charge in [-0.15, -0.1) is 29.3 Å². The Morgan fingerprint density at radius 3 is 2.74 bits per heavy atom.